The van der Waals surface area contributed by atoms with E-state index < -0.39 is 5.92 Å². The van der Waals surface area contributed by atoms with E-state index in [1.54, 1.807) is 23.6 Å². The highest BCUT2D eigenvalue weighted by atomic mass is 32.2. The number of amides is 1. The topological polar surface area (TPSA) is 81.1 Å². The molecular formula is C21H23N5O2S. The molecule has 0 spiro atoms. The van der Waals surface area contributed by atoms with Gasteiger partial charge in [-0.15, -0.1) is 11.8 Å². The second-order valence-electron chi connectivity index (χ2n) is 6.89. The van der Waals surface area contributed by atoms with Gasteiger partial charge in [-0.3, -0.25) is 4.79 Å². The fourth-order valence-corrected chi connectivity index (χ4v) is 4.17. The summed E-state index contributed by atoms with van der Waals surface area (Å²) in [5, 5.41) is 10.7. The highest BCUT2D eigenvalue weighted by molar-refractivity contribution is 7.98. The predicted octanol–water partition coefficient (Wildman–Crippen LogP) is 3.67. The average Bonchev–Trinajstić information content (AvgIpc) is 3.21. The molecule has 29 heavy (non-hydrogen) atoms. The quantitative estimate of drug-likeness (QED) is 0.626. The van der Waals surface area contributed by atoms with Crippen LogP contribution in [0.15, 0.2) is 59.8 Å². The number of rotatable bonds is 5. The number of anilines is 2. The van der Waals surface area contributed by atoms with E-state index in [4.69, 9.17) is 4.74 Å². The molecule has 0 saturated carbocycles. The molecule has 0 fully saturated rings. The third-order valence-corrected chi connectivity index (χ3v) is 5.94. The third kappa shape index (κ3) is 3.67. The van der Waals surface area contributed by atoms with Gasteiger partial charge in [-0.05, 0) is 43.0 Å². The first kappa shape index (κ1) is 19.3. The van der Waals surface area contributed by atoms with Crippen LogP contribution in [0.25, 0.3) is 0 Å². The zero-order valence-electron chi connectivity index (χ0n) is 16.5. The number of fused-ring (bicyclic) bond motifs is 1. The molecule has 3 aromatic rings. The fraction of sp³-hybridized carbons (Fsp3) is 0.286. The molecule has 3 atom stereocenters. The van der Waals surface area contributed by atoms with Gasteiger partial charge in [-0.25, -0.2) is 4.68 Å². The Morgan fingerprint density at radius 1 is 1.21 bits per heavy atom. The van der Waals surface area contributed by atoms with E-state index >= 15 is 0 Å². The number of nitrogens with zero attached hydrogens (tertiary/aromatic N) is 3. The van der Waals surface area contributed by atoms with Gasteiger partial charge in [0.15, 0.2) is 0 Å². The van der Waals surface area contributed by atoms with E-state index in [-0.39, 0.29) is 18.0 Å². The summed E-state index contributed by atoms with van der Waals surface area (Å²) in [6.45, 7) is 1.99. The molecule has 2 aromatic carbocycles. The maximum atomic E-state index is 13.4. The lowest BCUT2D eigenvalue weighted by molar-refractivity contribution is -0.121. The van der Waals surface area contributed by atoms with Crippen molar-refractivity contribution in [1.82, 2.24) is 14.8 Å². The van der Waals surface area contributed by atoms with Gasteiger partial charge in [0.05, 0.1) is 24.8 Å². The smallest absolute Gasteiger partial charge is 0.232 e. The lowest BCUT2D eigenvalue weighted by Gasteiger charge is -2.37. The number of hydrogen-bond acceptors (Lipinski definition) is 6. The molecule has 0 bridgehead atoms. The van der Waals surface area contributed by atoms with Crippen LogP contribution in [-0.2, 0) is 4.79 Å². The SMILES string of the molecule is COc1ccccc1NC(=O)[C@H]1[C@H](C)Nc2ncnn2[C@H]1c1ccc(SC)cc1. The van der Waals surface area contributed by atoms with Crippen molar-refractivity contribution in [3.05, 3.63) is 60.4 Å². The molecule has 7 nitrogen and oxygen atoms in total. The Balaban J connectivity index is 1.71. The number of aromatic nitrogens is 3. The molecule has 150 valence electrons. The molecule has 0 unspecified atom stereocenters. The fourth-order valence-electron chi connectivity index (χ4n) is 3.76. The number of para-hydroxylation sites is 2. The number of thioether (sulfide) groups is 1. The summed E-state index contributed by atoms with van der Waals surface area (Å²) in [4.78, 5) is 18.9. The second-order valence-corrected chi connectivity index (χ2v) is 7.77. The van der Waals surface area contributed by atoms with Crippen LogP contribution in [0.5, 0.6) is 5.75 Å². The van der Waals surface area contributed by atoms with Crippen LogP contribution in [0.4, 0.5) is 11.6 Å². The number of methoxy groups -OCH3 is 1. The van der Waals surface area contributed by atoms with Crippen molar-refractivity contribution in [3.63, 3.8) is 0 Å². The van der Waals surface area contributed by atoms with Crippen LogP contribution in [0, 0.1) is 5.92 Å². The number of nitrogens with one attached hydrogen (secondary N) is 2. The minimum atomic E-state index is -0.394. The number of benzene rings is 2. The molecule has 0 saturated heterocycles. The Bertz CT molecular complexity index is 1000. The largest absolute Gasteiger partial charge is 0.495 e. The van der Waals surface area contributed by atoms with Gasteiger partial charge < -0.3 is 15.4 Å². The molecule has 2 N–H and O–H groups in total. The zero-order valence-corrected chi connectivity index (χ0v) is 17.3. The Morgan fingerprint density at radius 3 is 2.69 bits per heavy atom. The summed E-state index contributed by atoms with van der Waals surface area (Å²) in [6.07, 6.45) is 3.56. The maximum absolute atomic E-state index is 13.4. The van der Waals surface area contributed by atoms with E-state index in [0.717, 1.165) is 5.56 Å². The molecule has 1 aromatic heterocycles. The molecule has 0 aliphatic carbocycles. The minimum Gasteiger partial charge on any atom is -0.495 e. The van der Waals surface area contributed by atoms with Gasteiger partial charge in [0.1, 0.15) is 12.1 Å². The van der Waals surface area contributed by atoms with Gasteiger partial charge in [0.2, 0.25) is 11.9 Å². The van der Waals surface area contributed by atoms with Gasteiger partial charge in [-0.2, -0.15) is 10.1 Å². The summed E-state index contributed by atoms with van der Waals surface area (Å²) in [7, 11) is 1.59. The zero-order chi connectivity index (χ0) is 20.4. The number of carbonyl (C=O) groups is 1. The van der Waals surface area contributed by atoms with Gasteiger partial charge in [0.25, 0.3) is 0 Å². The van der Waals surface area contributed by atoms with Crippen molar-refractivity contribution in [2.24, 2.45) is 5.92 Å². The monoisotopic (exact) mass is 409 g/mol. The Kier molecular flexibility index (Phi) is 5.44. The maximum Gasteiger partial charge on any atom is 0.232 e. The van der Waals surface area contributed by atoms with Crippen molar-refractivity contribution < 1.29 is 9.53 Å². The Morgan fingerprint density at radius 2 is 1.97 bits per heavy atom. The van der Waals surface area contributed by atoms with Crippen molar-refractivity contribution >= 4 is 29.3 Å². The molecule has 1 aliphatic heterocycles. The van der Waals surface area contributed by atoms with E-state index in [1.165, 1.54) is 11.2 Å². The van der Waals surface area contributed by atoms with Crippen LogP contribution in [0.3, 0.4) is 0 Å². The molecular weight excluding hydrogens is 386 g/mol. The first-order valence-electron chi connectivity index (χ1n) is 9.36. The minimum absolute atomic E-state index is 0.102. The number of hydrogen-bond donors (Lipinski definition) is 2. The van der Waals surface area contributed by atoms with Gasteiger partial charge in [-0.1, -0.05) is 24.3 Å². The molecule has 0 radical (unpaired) electrons. The van der Waals surface area contributed by atoms with E-state index in [9.17, 15) is 4.79 Å². The summed E-state index contributed by atoms with van der Waals surface area (Å²) in [5.74, 6) is 0.793. The van der Waals surface area contributed by atoms with Crippen LogP contribution >= 0.6 is 11.8 Å². The lowest BCUT2D eigenvalue weighted by atomic mass is 9.85. The summed E-state index contributed by atoms with van der Waals surface area (Å²) >= 11 is 1.68. The first-order chi connectivity index (χ1) is 14.1. The van der Waals surface area contributed by atoms with Crippen LogP contribution in [-0.4, -0.2) is 40.1 Å². The third-order valence-electron chi connectivity index (χ3n) is 5.20. The Labute approximate surface area is 173 Å². The van der Waals surface area contributed by atoms with Crippen LogP contribution in [0.1, 0.15) is 18.5 Å². The lowest BCUT2D eigenvalue weighted by Crippen LogP contribution is -2.46. The van der Waals surface area contributed by atoms with Crippen molar-refractivity contribution in [1.29, 1.82) is 0 Å². The first-order valence-corrected chi connectivity index (χ1v) is 10.6. The van der Waals surface area contributed by atoms with Gasteiger partial charge in [0, 0.05) is 10.9 Å². The normalized spacial score (nSPS) is 20.4. The van der Waals surface area contributed by atoms with Crippen LogP contribution < -0.4 is 15.4 Å². The molecule has 1 amide bonds. The standard InChI is InChI=1S/C21H23N5O2S/c1-13-18(20(27)25-16-6-4-5-7-17(16)28-2)19(26-21(24-13)22-12-23-26)14-8-10-15(29-3)11-9-14/h4-13,18-19H,1-3H3,(H,25,27)(H,22,23,24)/t13-,18-,19-/m0/s1. The molecule has 8 heteroatoms. The highest BCUT2D eigenvalue weighted by Crippen LogP contribution is 2.37. The van der Waals surface area contributed by atoms with E-state index in [1.807, 2.05) is 37.4 Å². The highest BCUT2D eigenvalue weighted by Gasteiger charge is 2.41. The predicted molar refractivity (Wildman–Crippen MR) is 115 cm³/mol. The van der Waals surface area contributed by atoms with Crippen molar-refractivity contribution in [3.8, 4) is 5.75 Å². The summed E-state index contributed by atoms with van der Waals surface area (Å²) in [6, 6.07) is 15.3. The number of carbonyl (C=O) groups excluding carboxylic acids is 1. The van der Waals surface area contributed by atoms with Gasteiger partial charge >= 0.3 is 0 Å². The summed E-state index contributed by atoms with van der Waals surface area (Å²) < 4.78 is 7.17. The van der Waals surface area contributed by atoms with Crippen LogP contribution in [0.2, 0.25) is 0 Å². The summed E-state index contributed by atoms with van der Waals surface area (Å²) in [5.41, 5.74) is 1.66. The van der Waals surface area contributed by atoms with E-state index in [2.05, 4.69) is 45.0 Å². The average molecular weight is 410 g/mol. The molecule has 1 aliphatic rings. The van der Waals surface area contributed by atoms with Crippen molar-refractivity contribution in [2.75, 3.05) is 24.0 Å². The molecule has 4 rings (SSSR count). The van der Waals surface area contributed by atoms with Crippen molar-refractivity contribution in [2.45, 2.75) is 23.9 Å². The second kappa shape index (κ2) is 8.16. The Hall–Kier alpha value is -3.00. The molecule has 2 heterocycles. The van der Waals surface area contributed by atoms with E-state index in [0.29, 0.717) is 17.4 Å². The number of ether oxygens (including phenoxy) is 1.